The maximum atomic E-state index is 13.3. The Morgan fingerprint density at radius 1 is 1.18 bits per heavy atom. The molecule has 0 unspecified atom stereocenters. The highest BCUT2D eigenvalue weighted by Gasteiger charge is 2.26. The van der Waals surface area contributed by atoms with Crippen molar-refractivity contribution in [3.63, 3.8) is 0 Å². The lowest BCUT2D eigenvalue weighted by molar-refractivity contribution is 0.0947. The van der Waals surface area contributed by atoms with Gasteiger partial charge in [0, 0.05) is 56.8 Å². The molecule has 2 aromatic heterocycles. The first-order chi connectivity index (χ1) is 16.4. The molecule has 2 N–H and O–H groups in total. The molecule has 1 aliphatic rings. The Morgan fingerprint density at radius 2 is 2.03 bits per heavy atom. The summed E-state index contributed by atoms with van der Waals surface area (Å²) in [6.45, 7) is 2.59. The lowest BCUT2D eigenvalue weighted by Gasteiger charge is -2.18. The van der Waals surface area contributed by atoms with Crippen LogP contribution in [-0.2, 0) is 0 Å². The second-order valence-corrected chi connectivity index (χ2v) is 8.77. The molecule has 1 amide bonds. The van der Waals surface area contributed by atoms with Gasteiger partial charge in [0.25, 0.3) is 5.91 Å². The molecule has 178 valence electrons. The minimum absolute atomic E-state index is 0.182. The maximum absolute atomic E-state index is 13.3. The third-order valence-corrected chi connectivity index (χ3v) is 5.81. The molecule has 8 nitrogen and oxygen atoms in total. The van der Waals surface area contributed by atoms with Crippen LogP contribution in [0, 0.1) is 18.7 Å². The second-order valence-electron chi connectivity index (χ2n) is 8.77. The van der Waals surface area contributed by atoms with Crippen LogP contribution in [0.2, 0.25) is 0 Å². The van der Waals surface area contributed by atoms with Crippen LogP contribution in [-0.4, -0.2) is 47.5 Å². The fraction of sp³-hybridized carbons (Fsp3) is 0.360. The SMILES string of the molecule is Cc1cnc(N[C@H]2CC[C@@H](CNC(=O)c3ccc(Oc4cccc(F)c4)nc3)C2)nc1N(C)C. The lowest BCUT2D eigenvalue weighted by Crippen LogP contribution is -2.29. The minimum Gasteiger partial charge on any atom is -0.439 e. The molecule has 0 aliphatic heterocycles. The number of aryl methyl sites for hydroxylation is 1. The number of ether oxygens (including phenoxy) is 1. The van der Waals surface area contributed by atoms with Gasteiger partial charge in [-0.15, -0.1) is 0 Å². The van der Waals surface area contributed by atoms with E-state index in [2.05, 4.69) is 25.6 Å². The average molecular weight is 465 g/mol. The highest BCUT2D eigenvalue weighted by Crippen LogP contribution is 2.28. The molecule has 2 heterocycles. The molecule has 1 aromatic carbocycles. The van der Waals surface area contributed by atoms with Gasteiger partial charge >= 0.3 is 0 Å². The fourth-order valence-corrected chi connectivity index (χ4v) is 4.09. The van der Waals surface area contributed by atoms with E-state index in [1.54, 1.807) is 24.3 Å². The van der Waals surface area contributed by atoms with E-state index in [1.165, 1.54) is 18.3 Å². The van der Waals surface area contributed by atoms with Gasteiger partial charge in [-0.25, -0.2) is 14.4 Å². The summed E-state index contributed by atoms with van der Waals surface area (Å²) in [7, 11) is 3.93. The van der Waals surface area contributed by atoms with Gasteiger partial charge in [0.2, 0.25) is 11.8 Å². The largest absolute Gasteiger partial charge is 0.439 e. The number of anilines is 2. The first-order valence-corrected chi connectivity index (χ1v) is 11.3. The Morgan fingerprint density at radius 3 is 2.76 bits per heavy atom. The van der Waals surface area contributed by atoms with Gasteiger partial charge < -0.3 is 20.3 Å². The summed E-state index contributed by atoms with van der Waals surface area (Å²) < 4.78 is 18.8. The molecule has 4 rings (SSSR count). The molecular weight excluding hydrogens is 435 g/mol. The fourth-order valence-electron chi connectivity index (χ4n) is 4.09. The van der Waals surface area contributed by atoms with Crippen LogP contribution >= 0.6 is 0 Å². The van der Waals surface area contributed by atoms with E-state index in [9.17, 15) is 9.18 Å². The van der Waals surface area contributed by atoms with Crippen molar-refractivity contribution in [2.45, 2.75) is 32.2 Å². The van der Waals surface area contributed by atoms with Crippen LogP contribution in [0.5, 0.6) is 11.6 Å². The van der Waals surface area contributed by atoms with E-state index < -0.39 is 0 Å². The number of carbonyl (C=O) groups is 1. The number of rotatable bonds is 8. The number of aromatic nitrogens is 3. The van der Waals surface area contributed by atoms with E-state index in [4.69, 9.17) is 4.74 Å². The van der Waals surface area contributed by atoms with Crippen LogP contribution in [0.4, 0.5) is 16.2 Å². The Bertz CT molecular complexity index is 1140. The number of nitrogens with one attached hydrogen (secondary N) is 2. The molecule has 9 heteroatoms. The molecular formula is C25H29FN6O2. The first kappa shape index (κ1) is 23.4. The van der Waals surface area contributed by atoms with Crippen molar-refractivity contribution in [1.82, 2.24) is 20.3 Å². The number of halogens is 1. The molecule has 0 radical (unpaired) electrons. The van der Waals surface area contributed by atoms with Crippen molar-refractivity contribution in [2.75, 3.05) is 30.9 Å². The zero-order valence-electron chi connectivity index (χ0n) is 19.6. The van der Waals surface area contributed by atoms with Gasteiger partial charge in [-0.05, 0) is 50.3 Å². The maximum Gasteiger partial charge on any atom is 0.252 e. The number of benzene rings is 1. The topological polar surface area (TPSA) is 92.3 Å². The molecule has 2 atom stereocenters. The second kappa shape index (κ2) is 10.5. The van der Waals surface area contributed by atoms with E-state index in [0.29, 0.717) is 35.6 Å². The normalized spacial score (nSPS) is 17.3. The summed E-state index contributed by atoms with van der Waals surface area (Å²) in [6, 6.07) is 9.34. The summed E-state index contributed by atoms with van der Waals surface area (Å²) in [5.74, 6) is 1.99. The molecule has 0 saturated heterocycles. The number of hydrogen-bond donors (Lipinski definition) is 2. The zero-order valence-corrected chi connectivity index (χ0v) is 19.6. The summed E-state index contributed by atoms with van der Waals surface area (Å²) in [6.07, 6.45) is 6.25. The average Bonchev–Trinajstić information content (AvgIpc) is 3.26. The molecule has 0 spiro atoms. The van der Waals surface area contributed by atoms with Crippen molar-refractivity contribution < 1.29 is 13.9 Å². The third kappa shape index (κ3) is 5.98. The summed E-state index contributed by atoms with van der Waals surface area (Å²) in [5, 5.41) is 6.43. The third-order valence-electron chi connectivity index (χ3n) is 5.81. The number of carbonyl (C=O) groups excluding carboxylic acids is 1. The smallest absolute Gasteiger partial charge is 0.252 e. The van der Waals surface area contributed by atoms with Gasteiger partial charge in [0.1, 0.15) is 17.4 Å². The monoisotopic (exact) mass is 464 g/mol. The Kier molecular flexibility index (Phi) is 7.20. The standard InChI is InChI=1S/C25H29FN6O2/c1-16-13-29-25(31-23(16)32(2)3)30-20-9-7-17(11-20)14-28-24(33)18-8-10-22(27-15-18)34-21-6-4-5-19(26)12-21/h4-6,8,10,12-13,15,17,20H,7,9,11,14H2,1-3H3,(H,28,33)(H,29,30,31)/t17-,20+/m1/s1. The summed E-state index contributed by atoms with van der Waals surface area (Å²) >= 11 is 0. The molecule has 0 bridgehead atoms. The molecule has 3 aromatic rings. The summed E-state index contributed by atoms with van der Waals surface area (Å²) in [5.41, 5.74) is 1.48. The van der Waals surface area contributed by atoms with Crippen LogP contribution in [0.3, 0.4) is 0 Å². The van der Waals surface area contributed by atoms with Gasteiger partial charge in [0.15, 0.2) is 0 Å². The van der Waals surface area contributed by atoms with Crippen LogP contribution in [0.15, 0.2) is 48.8 Å². The van der Waals surface area contributed by atoms with Crippen LogP contribution < -0.4 is 20.3 Å². The van der Waals surface area contributed by atoms with Crippen molar-refractivity contribution in [3.8, 4) is 11.6 Å². The van der Waals surface area contributed by atoms with Gasteiger partial charge in [-0.3, -0.25) is 4.79 Å². The van der Waals surface area contributed by atoms with E-state index in [1.807, 2.05) is 32.1 Å². The number of nitrogens with zero attached hydrogens (tertiary/aromatic N) is 4. The highest BCUT2D eigenvalue weighted by molar-refractivity contribution is 5.93. The number of amides is 1. The van der Waals surface area contributed by atoms with Gasteiger partial charge in [-0.1, -0.05) is 6.07 Å². The summed E-state index contributed by atoms with van der Waals surface area (Å²) in [4.78, 5) is 27.7. The van der Waals surface area contributed by atoms with Gasteiger partial charge in [-0.2, -0.15) is 4.98 Å². The number of pyridine rings is 1. The minimum atomic E-state index is -0.387. The van der Waals surface area contributed by atoms with E-state index >= 15 is 0 Å². The molecule has 1 saturated carbocycles. The van der Waals surface area contributed by atoms with Crippen molar-refractivity contribution in [2.24, 2.45) is 5.92 Å². The van der Waals surface area contributed by atoms with E-state index in [0.717, 1.165) is 30.6 Å². The van der Waals surface area contributed by atoms with Crippen molar-refractivity contribution in [3.05, 3.63) is 65.7 Å². The molecule has 1 aliphatic carbocycles. The molecule has 1 fully saturated rings. The Labute approximate surface area is 198 Å². The first-order valence-electron chi connectivity index (χ1n) is 11.3. The molecule has 34 heavy (non-hydrogen) atoms. The van der Waals surface area contributed by atoms with Crippen molar-refractivity contribution in [1.29, 1.82) is 0 Å². The lowest BCUT2D eigenvalue weighted by atomic mass is 10.1. The Balaban J connectivity index is 1.25. The predicted molar refractivity (Wildman–Crippen MR) is 129 cm³/mol. The van der Waals surface area contributed by atoms with Crippen LogP contribution in [0.25, 0.3) is 0 Å². The quantitative estimate of drug-likeness (QED) is 0.516. The highest BCUT2D eigenvalue weighted by atomic mass is 19.1. The number of hydrogen-bond acceptors (Lipinski definition) is 7. The van der Waals surface area contributed by atoms with Crippen molar-refractivity contribution >= 4 is 17.7 Å². The van der Waals surface area contributed by atoms with Gasteiger partial charge in [0.05, 0.1) is 5.56 Å². The van der Waals surface area contributed by atoms with Crippen LogP contribution in [0.1, 0.15) is 35.2 Å². The predicted octanol–water partition coefficient (Wildman–Crippen LogP) is 4.19. The Hall–Kier alpha value is -3.75. The zero-order chi connectivity index (χ0) is 24.1. The van der Waals surface area contributed by atoms with E-state index in [-0.39, 0.29) is 17.8 Å².